The van der Waals surface area contributed by atoms with E-state index in [1.165, 1.54) is 0 Å². The number of benzene rings is 2. The second kappa shape index (κ2) is 10.4. The van der Waals surface area contributed by atoms with Crippen LogP contribution in [0.2, 0.25) is 0 Å². The quantitative estimate of drug-likeness (QED) is 0.650. The number of morpholine rings is 1. The van der Waals surface area contributed by atoms with Gasteiger partial charge in [-0.1, -0.05) is 0 Å². The number of nitrogens with zero attached hydrogens (tertiary/aromatic N) is 2. The molecule has 3 N–H and O–H groups in total. The van der Waals surface area contributed by atoms with Crippen molar-refractivity contribution in [3.8, 4) is 6.07 Å². The molecule has 1 aliphatic heterocycles. The zero-order valence-electron chi connectivity index (χ0n) is 16.9. The van der Waals surface area contributed by atoms with E-state index < -0.39 is 6.04 Å². The Balaban J connectivity index is 1.47. The van der Waals surface area contributed by atoms with Crippen molar-refractivity contribution in [3.63, 3.8) is 0 Å². The molecule has 2 amide bonds. The number of nitrogens with one attached hydrogen (secondary N) is 3. The van der Waals surface area contributed by atoms with Crippen molar-refractivity contribution in [2.75, 3.05) is 48.8 Å². The zero-order valence-corrected chi connectivity index (χ0v) is 16.9. The van der Waals surface area contributed by atoms with Gasteiger partial charge in [-0.25, -0.2) is 0 Å². The molecule has 8 nitrogen and oxygen atoms in total. The normalized spacial score (nSPS) is 14.9. The molecule has 1 aliphatic rings. The third kappa shape index (κ3) is 6.30. The highest BCUT2D eigenvalue weighted by atomic mass is 16.5. The highest BCUT2D eigenvalue weighted by molar-refractivity contribution is 5.96. The van der Waals surface area contributed by atoms with E-state index in [1.54, 1.807) is 43.3 Å². The standard InChI is InChI=1S/C22H25N5O3/c1-16(22(29)26-20-4-2-17(14-23)3-5-20)24-18-6-8-19(9-7-18)25-21(28)15-27-10-12-30-13-11-27/h2-9,16,24H,10-13,15H2,1H3,(H,25,28)(H,26,29). The van der Waals surface area contributed by atoms with E-state index >= 15 is 0 Å². The van der Waals surface area contributed by atoms with Crippen LogP contribution < -0.4 is 16.0 Å². The first-order valence-electron chi connectivity index (χ1n) is 9.81. The smallest absolute Gasteiger partial charge is 0.246 e. The van der Waals surface area contributed by atoms with Crippen molar-refractivity contribution in [2.24, 2.45) is 0 Å². The Morgan fingerprint density at radius 2 is 1.57 bits per heavy atom. The maximum atomic E-state index is 12.4. The minimum atomic E-state index is -0.470. The van der Waals surface area contributed by atoms with Crippen LogP contribution in [0.25, 0.3) is 0 Å². The molecule has 0 aliphatic carbocycles. The Bertz CT molecular complexity index is 900. The summed E-state index contributed by atoms with van der Waals surface area (Å²) >= 11 is 0. The molecular formula is C22H25N5O3. The van der Waals surface area contributed by atoms with Gasteiger partial charge in [-0.05, 0) is 55.5 Å². The number of carbonyl (C=O) groups is 2. The summed E-state index contributed by atoms with van der Waals surface area (Å²) in [6, 6.07) is 15.5. The summed E-state index contributed by atoms with van der Waals surface area (Å²) in [5.41, 5.74) is 2.64. The van der Waals surface area contributed by atoms with Gasteiger partial charge in [-0.2, -0.15) is 5.26 Å². The highest BCUT2D eigenvalue weighted by Gasteiger charge is 2.15. The van der Waals surface area contributed by atoms with Gasteiger partial charge in [0.25, 0.3) is 0 Å². The number of anilines is 3. The topological polar surface area (TPSA) is 106 Å². The molecule has 0 aromatic heterocycles. The minimum Gasteiger partial charge on any atom is -0.379 e. The molecule has 3 rings (SSSR count). The van der Waals surface area contributed by atoms with Crippen molar-refractivity contribution >= 4 is 28.9 Å². The Morgan fingerprint density at radius 1 is 1.00 bits per heavy atom. The number of hydrogen-bond donors (Lipinski definition) is 3. The first-order chi connectivity index (χ1) is 14.5. The van der Waals surface area contributed by atoms with Crippen LogP contribution in [0.3, 0.4) is 0 Å². The number of amides is 2. The molecule has 1 unspecified atom stereocenters. The summed E-state index contributed by atoms with van der Waals surface area (Å²) in [6.07, 6.45) is 0. The van der Waals surface area contributed by atoms with Crippen LogP contribution in [-0.2, 0) is 14.3 Å². The molecule has 0 radical (unpaired) electrons. The number of carbonyl (C=O) groups excluding carboxylic acids is 2. The maximum Gasteiger partial charge on any atom is 0.246 e. The maximum absolute atomic E-state index is 12.4. The van der Waals surface area contributed by atoms with Crippen molar-refractivity contribution in [2.45, 2.75) is 13.0 Å². The van der Waals surface area contributed by atoms with Gasteiger partial charge in [0.15, 0.2) is 0 Å². The molecule has 1 fully saturated rings. The largest absolute Gasteiger partial charge is 0.379 e. The van der Waals surface area contributed by atoms with Crippen LogP contribution in [0.5, 0.6) is 0 Å². The Kier molecular flexibility index (Phi) is 7.38. The molecular weight excluding hydrogens is 382 g/mol. The van der Waals surface area contributed by atoms with E-state index in [0.29, 0.717) is 36.7 Å². The van der Waals surface area contributed by atoms with Gasteiger partial charge >= 0.3 is 0 Å². The lowest BCUT2D eigenvalue weighted by Gasteiger charge is -2.25. The van der Waals surface area contributed by atoms with Gasteiger partial charge < -0.3 is 20.7 Å². The van der Waals surface area contributed by atoms with Gasteiger partial charge in [0.1, 0.15) is 6.04 Å². The summed E-state index contributed by atoms with van der Waals surface area (Å²) in [7, 11) is 0. The van der Waals surface area contributed by atoms with E-state index in [2.05, 4.69) is 20.9 Å². The highest BCUT2D eigenvalue weighted by Crippen LogP contribution is 2.16. The fraction of sp³-hybridized carbons (Fsp3) is 0.318. The monoisotopic (exact) mass is 407 g/mol. The fourth-order valence-electron chi connectivity index (χ4n) is 3.01. The van der Waals surface area contributed by atoms with Crippen molar-refractivity contribution in [1.82, 2.24) is 4.90 Å². The van der Waals surface area contributed by atoms with Crippen molar-refractivity contribution in [3.05, 3.63) is 54.1 Å². The van der Waals surface area contributed by atoms with E-state index in [4.69, 9.17) is 10.00 Å². The third-order valence-electron chi connectivity index (χ3n) is 4.70. The molecule has 1 atom stereocenters. The average Bonchev–Trinajstić information content (AvgIpc) is 2.76. The van der Waals surface area contributed by atoms with Gasteiger partial charge in [0.05, 0.1) is 31.4 Å². The van der Waals surface area contributed by atoms with Gasteiger partial charge in [-0.15, -0.1) is 0 Å². The predicted octanol–water partition coefficient (Wildman–Crippen LogP) is 2.27. The summed E-state index contributed by atoms with van der Waals surface area (Å²) in [6.45, 7) is 4.94. The van der Waals surface area contributed by atoms with Crippen LogP contribution in [0.4, 0.5) is 17.1 Å². The summed E-state index contributed by atoms with van der Waals surface area (Å²) in [4.78, 5) is 26.6. The summed E-state index contributed by atoms with van der Waals surface area (Å²) in [5, 5.41) is 17.6. The van der Waals surface area contributed by atoms with E-state index in [9.17, 15) is 9.59 Å². The fourth-order valence-corrected chi connectivity index (χ4v) is 3.01. The number of rotatable bonds is 7. The lowest BCUT2D eigenvalue weighted by molar-refractivity contribution is -0.118. The van der Waals surface area contributed by atoms with Crippen LogP contribution in [-0.4, -0.2) is 55.6 Å². The SMILES string of the molecule is CC(Nc1ccc(NC(=O)CN2CCOCC2)cc1)C(=O)Nc1ccc(C#N)cc1. The van der Waals surface area contributed by atoms with Gasteiger partial charge in [0, 0.05) is 30.2 Å². The second-order valence-electron chi connectivity index (χ2n) is 7.06. The van der Waals surface area contributed by atoms with E-state index in [0.717, 1.165) is 18.8 Å². The van der Waals surface area contributed by atoms with Crippen LogP contribution >= 0.6 is 0 Å². The molecule has 0 bridgehead atoms. The number of hydrogen-bond acceptors (Lipinski definition) is 6. The number of nitriles is 1. The second-order valence-corrected chi connectivity index (χ2v) is 7.06. The average molecular weight is 407 g/mol. The lowest BCUT2D eigenvalue weighted by Crippen LogP contribution is -2.41. The molecule has 1 saturated heterocycles. The van der Waals surface area contributed by atoms with E-state index in [1.807, 2.05) is 18.2 Å². The van der Waals surface area contributed by atoms with Crippen LogP contribution in [0.1, 0.15) is 12.5 Å². The van der Waals surface area contributed by atoms with Gasteiger partial charge in [0.2, 0.25) is 11.8 Å². The summed E-state index contributed by atoms with van der Waals surface area (Å²) < 4.78 is 5.28. The first-order valence-corrected chi connectivity index (χ1v) is 9.81. The summed E-state index contributed by atoms with van der Waals surface area (Å²) in [5.74, 6) is -0.254. The zero-order chi connectivity index (χ0) is 21.3. The van der Waals surface area contributed by atoms with Crippen LogP contribution in [0.15, 0.2) is 48.5 Å². The number of ether oxygens (including phenoxy) is 1. The molecule has 0 saturated carbocycles. The Labute approximate surface area is 175 Å². The van der Waals surface area contributed by atoms with Crippen LogP contribution in [0, 0.1) is 11.3 Å². The third-order valence-corrected chi connectivity index (χ3v) is 4.70. The molecule has 1 heterocycles. The minimum absolute atomic E-state index is 0.0622. The molecule has 2 aromatic rings. The molecule has 156 valence electrons. The molecule has 0 spiro atoms. The predicted molar refractivity (Wildman–Crippen MR) is 115 cm³/mol. The Morgan fingerprint density at radius 3 is 2.20 bits per heavy atom. The van der Waals surface area contributed by atoms with Gasteiger partial charge in [-0.3, -0.25) is 14.5 Å². The first kappa shape index (κ1) is 21.3. The molecule has 30 heavy (non-hydrogen) atoms. The van der Waals surface area contributed by atoms with Crippen molar-refractivity contribution in [1.29, 1.82) is 5.26 Å². The Hall–Kier alpha value is -3.41. The molecule has 8 heteroatoms. The van der Waals surface area contributed by atoms with E-state index in [-0.39, 0.29) is 11.8 Å². The lowest BCUT2D eigenvalue weighted by atomic mass is 10.2. The molecule has 2 aromatic carbocycles. The van der Waals surface area contributed by atoms with Crippen molar-refractivity contribution < 1.29 is 14.3 Å².